The number of hydrogen-bond acceptors (Lipinski definition) is 3. The third kappa shape index (κ3) is 2.88. The Morgan fingerprint density at radius 1 is 1.46 bits per heavy atom. The molecule has 0 heterocycles. The van der Waals surface area contributed by atoms with Crippen molar-refractivity contribution in [2.24, 2.45) is 5.73 Å². The summed E-state index contributed by atoms with van der Waals surface area (Å²) in [6.45, 7) is 1.57. The summed E-state index contributed by atoms with van der Waals surface area (Å²) in [7, 11) is 0. The van der Waals surface area contributed by atoms with Crippen LogP contribution in [0.2, 0.25) is 0 Å². The number of aromatic hydroxyl groups is 1. The Hall–Kier alpha value is -0.770. The lowest BCUT2D eigenvalue weighted by Gasteiger charge is -2.22. The molecule has 1 rings (SSSR count). The van der Waals surface area contributed by atoms with E-state index in [-0.39, 0.29) is 24.8 Å². The van der Waals surface area contributed by atoms with Crippen molar-refractivity contribution in [3.63, 3.8) is 0 Å². The molecule has 1 aromatic carbocycles. The third-order valence-corrected chi connectivity index (χ3v) is 1.83. The second kappa shape index (κ2) is 4.46. The number of rotatable bonds is 2. The van der Waals surface area contributed by atoms with Crippen molar-refractivity contribution >= 4 is 12.4 Å². The minimum Gasteiger partial charge on any atom is -0.508 e. The zero-order valence-electron chi connectivity index (χ0n) is 7.40. The van der Waals surface area contributed by atoms with Crippen molar-refractivity contribution in [2.45, 2.75) is 12.5 Å². The lowest BCUT2D eigenvalue weighted by atomic mass is 9.94. The lowest BCUT2D eigenvalue weighted by molar-refractivity contribution is 0.210. The van der Waals surface area contributed by atoms with Crippen LogP contribution in [0, 0.1) is 0 Å². The molecule has 4 N–H and O–H groups in total. The van der Waals surface area contributed by atoms with E-state index in [1.165, 1.54) is 0 Å². The first-order valence-corrected chi connectivity index (χ1v) is 3.75. The summed E-state index contributed by atoms with van der Waals surface area (Å²) in [6, 6.07) is 6.59. The summed E-state index contributed by atoms with van der Waals surface area (Å²) in [4.78, 5) is 0. The zero-order chi connectivity index (χ0) is 9.19. The molecule has 4 heteroatoms. The molecule has 0 aliphatic heterocycles. The molecule has 0 aromatic heterocycles. The van der Waals surface area contributed by atoms with Gasteiger partial charge in [0.1, 0.15) is 5.75 Å². The molecule has 0 saturated carbocycles. The highest BCUT2D eigenvalue weighted by atomic mass is 35.5. The van der Waals surface area contributed by atoms with Crippen LogP contribution in [0.15, 0.2) is 24.3 Å². The number of hydrogen-bond donors (Lipinski definition) is 3. The van der Waals surface area contributed by atoms with Crippen LogP contribution in [0.1, 0.15) is 12.5 Å². The SMILES string of the molecule is CC(N)(CO)c1cccc(O)c1.Cl. The molecule has 0 amide bonds. The number of phenols is 1. The van der Waals surface area contributed by atoms with Crippen molar-refractivity contribution in [2.75, 3.05) is 6.61 Å². The Kier molecular flexibility index (Phi) is 4.20. The normalized spacial score (nSPS) is 14.4. The van der Waals surface area contributed by atoms with Crippen LogP contribution in [-0.4, -0.2) is 16.8 Å². The molecule has 0 fully saturated rings. The van der Waals surface area contributed by atoms with Crippen molar-refractivity contribution in [3.05, 3.63) is 29.8 Å². The van der Waals surface area contributed by atoms with Crippen molar-refractivity contribution in [1.82, 2.24) is 0 Å². The van der Waals surface area contributed by atoms with Gasteiger partial charge in [0.25, 0.3) is 0 Å². The monoisotopic (exact) mass is 203 g/mol. The fraction of sp³-hybridized carbons (Fsp3) is 0.333. The summed E-state index contributed by atoms with van der Waals surface area (Å²) in [5, 5.41) is 18.1. The predicted molar refractivity (Wildman–Crippen MR) is 54.0 cm³/mol. The van der Waals surface area contributed by atoms with Gasteiger partial charge in [-0.25, -0.2) is 0 Å². The van der Waals surface area contributed by atoms with Gasteiger partial charge in [0, 0.05) is 0 Å². The van der Waals surface area contributed by atoms with Gasteiger partial charge in [0.2, 0.25) is 0 Å². The molecule has 0 aliphatic rings. The largest absolute Gasteiger partial charge is 0.508 e. The molecule has 74 valence electrons. The second-order valence-electron chi connectivity index (χ2n) is 3.13. The van der Waals surface area contributed by atoms with Gasteiger partial charge in [-0.05, 0) is 24.6 Å². The standard InChI is InChI=1S/C9H13NO2.ClH/c1-9(10,6-11)7-3-2-4-8(12)5-7;/h2-5,11-12H,6,10H2,1H3;1H. The Balaban J connectivity index is 0.00000144. The maximum Gasteiger partial charge on any atom is 0.115 e. The summed E-state index contributed by atoms with van der Waals surface area (Å²) in [6.07, 6.45) is 0. The topological polar surface area (TPSA) is 66.5 Å². The van der Waals surface area contributed by atoms with E-state index < -0.39 is 5.54 Å². The lowest BCUT2D eigenvalue weighted by Crippen LogP contribution is -2.36. The van der Waals surface area contributed by atoms with Crippen LogP contribution in [0.4, 0.5) is 0 Å². The highest BCUT2D eigenvalue weighted by Gasteiger charge is 2.19. The van der Waals surface area contributed by atoms with E-state index in [2.05, 4.69) is 0 Å². The average Bonchev–Trinajstić information content (AvgIpc) is 2.05. The van der Waals surface area contributed by atoms with Crippen molar-refractivity contribution in [1.29, 1.82) is 0 Å². The van der Waals surface area contributed by atoms with Crippen LogP contribution in [-0.2, 0) is 5.54 Å². The number of nitrogens with two attached hydrogens (primary N) is 1. The molecule has 0 saturated heterocycles. The van der Waals surface area contributed by atoms with E-state index in [4.69, 9.17) is 15.9 Å². The average molecular weight is 204 g/mol. The van der Waals surface area contributed by atoms with E-state index in [1.807, 2.05) is 0 Å². The Morgan fingerprint density at radius 2 is 2.08 bits per heavy atom. The number of benzene rings is 1. The zero-order valence-corrected chi connectivity index (χ0v) is 8.21. The van der Waals surface area contributed by atoms with Crippen LogP contribution in [0.5, 0.6) is 5.75 Å². The minimum absolute atomic E-state index is 0. The molecule has 0 bridgehead atoms. The highest BCUT2D eigenvalue weighted by Crippen LogP contribution is 2.20. The molecule has 0 radical (unpaired) electrons. The third-order valence-electron chi connectivity index (χ3n) is 1.83. The van der Waals surface area contributed by atoms with Crippen LogP contribution in [0.25, 0.3) is 0 Å². The van der Waals surface area contributed by atoms with Gasteiger partial charge >= 0.3 is 0 Å². The fourth-order valence-corrected chi connectivity index (χ4v) is 0.952. The van der Waals surface area contributed by atoms with Gasteiger partial charge in [-0.2, -0.15) is 0 Å². The Morgan fingerprint density at radius 3 is 2.54 bits per heavy atom. The number of aliphatic hydroxyl groups is 1. The molecule has 13 heavy (non-hydrogen) atoms. The molecular weight excluding hydrogens is 190 g/mol. The van der Waals surface area contributed by atoms with Crippen molar-refractivity contribution < 1.29 is 10.2 Å². The first-order chi connectivity index (χ1) is 5.56. The fourth-order valence-electron chi connectivity index (χ4n) is 0.952. The summed E-state index contributed by atoms with van der Waals surface area (Å²) >= 11 is 0. The minimum atomic E-state index is -0.779. The van der Waals surface area contributed by atoms with Gasteiger partial charge in [-0.3, -0.25) is 0 Å². The van der Waals surface area contributed by atoms with E-state index >= 15 is 0 Å². The van der Waals surface area contributed by atoms with Gasteiger partial charge < -0.3 is 15.9 Å². The first kappa shape index (κ1) is 12.2. The van der Waals surface area contributed by atoms with Gasteiger partial charge in [0.15, 0.2) is 0 Å². The molecule has 1 aromatic rings. The number of aliphatic hydroxyl groups excluding tert-OH is 1. The van der Waals surface area contributed by atoms with Crippen LogP contribution >= 0.6 is 12.4 Å². The Bertz CT molecular complexity index is 276. The smallest absolute Gasteiger partial charge is 0.115 e. The van der Waals surface area contributed by atoms with E-state index in [0.717, 1.165) is 5.56 Å². The molecule has 0 spiro atoms. The summed E-state index contributed by atoms with van der Waals surface area (Å²) in [5.41, 5.74) is 5.69. The van der Waals surface area contributed by atoms with E-state index in [0.29, 0.717) is 0 Å². The Labute approximate surface area is 83.6 Å². The molecular formula is C9H14ClNO2. The van der Waals surface area contributed by atoms with Gasteiger partial charge in [-0.1, -0.05) is 12.1 Å². The summed E-state index contributed by atoms with van der Waals surface area (Å²) < 4.78 is 0. The molecule has 1 unspecified atom stereocenters. The first-order valence-electron chi connectivity index (χ1n) is 3.75. The van der Waals surface area contributed by atoms with Gasteiger partial charge in [-0.15, -0.1) is 12.4 Å². The van der Waals surface area contributed by atoms with Gasteiger partial charge in [0.05, 0.1) is 12.1 Å². The number of phenolic OH excluding ortho intramolecular Hbond substituents is 1. The van der Waals surface area contributed by atoms with E-state index in [9.17, 15) is 0 Å². The number of halogens is 1. The molecule has 1 atom stereocenters. The maximum absolute atomic E-state index is 9.13. The van der Waals surface area contributed by atoms with Crippen LogP contribution in [0.3, 0.4) is 0 Å². The van der Waals surface area contributed by atoms with E-state index in [1.54, 1.807) is 31.2 Å². The summed E-state index contributed by atoms with van der Waals surface area (Å²) in [5.74, 6) is 0.164. The maximum atomic E-state index is 9.13. The second-order valence-corrected chi connectivity index (χ2v) is 3.13. The quantitative estimate of drug-likeness (QED) is 0.672. The van der Waals surface area contributed by atoms with Crippen LogP contribution < -0.4 is 5.73 Å². The van der Waals surface area contributed by atoms with Crippen molar-refractivity contribution in [3.8, 4) is 5.75 Å². The predicted octanol–water partition coefficient (Wildman–Crippen LogP) is 0.980. The molecule has 0 aliphatic carbocycles. The highest BCUT2D eigenvalue weighted by molar-refractivity contribution is 5.85. The molecule has 3 nitrogen and oxygen atoms in total.